The van der Waals surface area contributed by atoms with Gasteiger partial charge in [0.25, 0.3) is 0 Å². The van der Waals surface area contributed by atoms with E-state index in [0.29, 0.717) is 11.4 Å². The third kappa shape index (κ3) is 1.71. The van der Waals surface area contributed by atoms with E-state index in [-0.39, 0.29) is 18.2 Å². The smallest absolute Gasteiger partial charge is 0.245 e. The molecule has 5 nitrogen and oxygen atoms in total. The molecular weight excluding hydrogens is 242 g/mol. The van der Waals surface area contributed by atoms with Crippen molar-refractivity contribution in [2.24, 2.45) is 0 Å². The summed E-state index contributed by atoms with van der Waals surface area (Å²) in [5, 5.41) is 2.35. The molecule has 2 aromatic heterocycles. The summed E-state index contributed by atoms with van der Waals surface area (Å²) < 4.78 is 0. The van der Waals surface area contributed by atoms with Crippen LogP contribution in [-0.2, 0) is 15.0 Å². The highest BCUT2D eigenvalue weighted by Crippen LogP contribution is 2.36. The van der Waals surface area contributed by atoms with Gasteiger partial charge < -0.3 is 0 Å². The van der Waals surface area contributed by atoms with Gasteiger partial charge in [0.1, 0.15) is 5.41 Å². The fraction of sp³-hybridized carbons (Fsp3) is 0.143. The molecule has 3 heterocycles. The Kier molecular flexibility index (Phi) is 2.59. The molecule has 94 valence electrons. The number of nitrogens with one attached hydrogen (secondary N) is 1. The number of pyridine rings is 2. The van der Waals surface area contributed by atoms with E-state index in [4.69, 9.17) is 0 Å². The molecule has 3 rings (SSSR count). The zero-order chi connectivity index (χ0) is 13.3. The first-order chi connectivity index (χ1) is 9.23. The third-order valence-electron chi connectivity index (χ3n) is 3.27. The van der Waals surface area contributed by atoms with Gasteiger partial charge in [0.15, 0.2) is 0 Å². The number of hydrogen-bond acceptors (Lipinski definition) is 4. The molecule has 0 saturated carbocycles. The molecule has 0 radical (unpaired) electrons. The monoisotopic (exact) mass is 253 g/mol. The lowest BCUT2D eigenvalue weighted by Gasteiger charge is -2.23. The van der Waals surface area contributed by atoms with Crippen molar-refractivity contribution in [2.75, 3.05) is 0 Å². The quantitative estimate of drug-likeness (QED) is 0.804. The lowest BCUT2D eigenvalue weighted by atomic mass is 9.78. The van der Waals surface area contributed by atoms with Crippen LogP contribution in [-0.4, -0.2) is 21.8 Å². The van der Waals surface area contributed by atoms with E-state index >= 15 is 0 Å². The van der Waals surface area contributed by atoms with E-state index in [1.807, 2.05) is 0 Å². The summed E-state index contributed by atoms with van der Waals surface area (Å²) in [7, 11) is 0. The molecular formula is C14H11N3O2. The van der Waals surface area contributed by atoms with Crippen molar-refractivity contribution in [1.82, 2.24) is 15.3 Å². The van der Waals surface area contributed by atoms with Crippen LogP contribution in [0.15, 0.2) is 48.8 Å². The molecule has 0 spiro atoms. The number of hydrogen-bond donors (Lipinski definition) is 1. The molecule has 1 N–H and O–H groups in total. The lowest BCUT2D eigenvalue weighted by Crippen LogP contribution is -2.38. The van der Waals surface area contributed by atoms with Crippen molar-refractivity contribution in [3.8, 4) is 0 Å². The Morgan fingerprint density at radius 3 is 1.89 bits per heavy atom. The molecule has 0 aromatic carbocycles. The van der Waals surface area contributed by atoms with Crippen LogP contribution in [0.2, 0.25) is 0 Å². The van der Waals surface area contributed by atoms with Crippen molar-refractivity contribution >= 4 is 11.8 Å². The Labute approximate surface area is 109 Å². The molecule has 1 aliphatic rings. The summed E-state index contributed by atoms with van der Waals surface area (Å²) in [6.07, 6.45) is 3.26. The molecule has 2 aromatic rings. The molecule has 0 bridgehead atoms. The molecule has 0 aliphatic carbocycles. The molecule has 0 atom stereocenters. The van der Waals surface area contributed by atoms with E-state index in [1.54, 1.807) is 48.8 Å². The maximum Gasteiger partial charge on any atom is 0.245 e. The summed E-state index contributed by atoms with van der Waals surface area (Å²) >= 11 is 0. The number of carbonyl (C=O) groups is 2. The van der Waals surface area contributed by atoms with Crippen molar-refractivity contribution < 1.29 is 9.59 Å². The van der Waals surface area contributed by atoms with Crippen molar-refractivity contribution in [1.29, 1.82) is 0 Å². The average Bonchev–Trinajstić information content (AvgIpc) is 2.76. The third-order valence-corrected chi connectivity index (χ3v) is 3.27. The average molecular weight is 253 g/mol. The minimum absolute atomic E-state index is 0.0415. The van der Waals surface area contributed by atoms with Gasteiger partial charge in [0, 0.05) is 12.4 Å². The molecule has 1 aliphatic heterocycles. The Hall–Kier alpha value is -2.56. The van der Waals surface area contributed by atoms with Crippen LogP contribution in [0, 0.1) is 0 Å². The minimum Gasteiger partial charge on any atom is -0.295 e. The summed E-state index contributed by atoms with van der Waals surface area (Å²) in [4.78, 5) is 32.4. The van der Waals surface area contributed by atoms with Gasteiger partial charge in [-0.15, -0.1) is 0 Å². The van der Waals surface area contributed by atoms with Crippen LogP contribution in [0.25, 0.3) is 0 Å². The van der Waals surface area contributed by atoms with Gasteiger partial charge in [0.05, 0.1) is 17.8 Å². The van der Waals surface area contributed by atoms with Gasteiger partial charge in [-0.2, -0.15) is 0 Å². The predicted molar refractivity (Wildman–Crippen MR) is 67.0 cm³/mol. The number of nitrogens with zero attached hydrogens (tertiary/aromatic N) is 2. The van der Waals surface area contributed by atoms with Crippen molar-refractivity contribution in [2.45, 2.75) is 11.8 Å². The fourth-order valence-electron chi connectivity index (χ4n) is 2.37. The fourth-order valence-corrected chi connectivity index (χ4v) is 2.37. The minimum atomic E-state index is -1.11. The van der Waals surface area contributed by atoms with Gasteiger partial charge >= 0.3 is 0 Å². The molecule has 19 heavy (non-hydrogen) atoms. The van der Waals surface area contributed by atoms with Crippen LogP contribution in [0.5, 0.6) is 0 Å². The molecule has 5 heteroatoms. The zero-order valence-corrected chi connectivity index (χ0v) is 10.0. The highest BCUT2D eigenvalue weighted by molar-refractivity contribution is 6.10. The predicted octanol–water partition coefficient (Wildman–Crippen LogP) is 0.809. The van der Waals surface area contributed by atoms with Crippen LogP contribution < -0.4 is 5.32 Å². The van der Waals surface area contributed by atoms with Crippen LogP contribution in [0.1, 0.15) is 17.8 Å². The summed E-state index contributed by atoms with van der Waals surface area (Å²) in [5.74, 6) is -0.670. The molecule has 2 amide bonds. The Morgan fingerprint density at radius 1 is 0.947 bits per heavy atom. The number of rotatable bonds is 2. The summed E-state index contributed by atoms with van der Waals surface area (Å²) in [6.45, 7) is 0. The van der Waals surface area contributed by atoms with E-state index in [9.17, 15) is 9.59 Å². The lowest BCUT2D eigenvalue weighted by molar-refractivity contribution is -0.126. The maximum atomic E-state index is 12.3. The first-order valence-corrected chi connectivity index (χ1v) is 5.91. The van der Waals surface area contributed by atoms with E-state index in [1.165, 1.54) is 0 Å². The van der Waals surface area contributed by atoms with E-state index < -0.39 is 5.41 Å². The van der Waals surface area contributed by atoms with E-state index in [2.05, 4.69) is 15.3 Å². The van der Waals surface area contributed by atoms with Crippen molar-refractivity contribution in [3.63, 3.8) is 0 Å². The van der Waals surface area contributed by atoms with E-state index in [0.717, 1.165) is 0 Å². The Morgan fingerprint density at radius 2 is 1.53 bits per heavy atom. The number of imide groups is 1. The first-order valence-electron chi connectivity index (χ1n) is 5.91. The molecule has 0 unspecified atom stereocenters. The Balaban J connectivity index is 2.23. The zero-order valence-electron chi connectivity index (χ0n) is 10.0. The van der Waals surface area contributed by atoms with Crippen molar-refractivity contribution in [3.05, 3.63) is 60.2 Å². The second-order valence-corrected chi connectivity index (χ2v) is 4.39. The topological polar surface area (TPSA) is 72.0 Å². The van der Waals surface area contributed by atoms with Crippen LogP contribution >= 0.6 is 0 Å². The van der Waals surface area contributed by atoms with Crippen LogP contribution in [0.3, 0.4) is 0 Å². The largest absolute Gasteiger partial charge is 0.295 e. The summed E-state index contributed by atoms with van der Waals surface area (Å²) in [5.41, 5.74) is -0.0336. The van der Waals surface area contributed by atoms with Gasteiger partial charge in [-0.25, -0.2) is 0 Å². The van der Waals surface area contributed by atoms with Gasteiger partial charge in [-0.3, -0.25) is 24.9 Å². The van der Waals surface area contributed by atoms with Gasteiger partial charge in [-0.05, 0) is 24.3 Å². The Bertz CT molecular complexity index is 586. The first kappa shape index (κ1) is 11.5. The molecule has 1 saturated heterocycles. The second-order valence-electron chi connectivity index (χ2n) is 4.39. The van der Waals surface area contributed by atoms with Crippen LogP contribution in [0.4, 0.5) is 0 Å². The maximum absolute atomic E-state index is 12.3. The number of carbonyl (C=O) groups excluding carboxylic acids is 2. The summed E-state index contributed by atoms with van der Waals surface area (Å²) in [6, 6.07) is 10.6. The normalized spacial score (nSPS) is 17.3. The van der Waals surface area contributed by atoms with Gasteiger partial charge in [-0.1, -0.05) is 12.1 Å². The standard InChI is InChI=1S/C14H11N3O2/c18-12-9-14(13(19)17-12,10-5-1-3-7-15-10)11-6-2-4-8-16-11/h1-8H,9H2,(H,17,18,19). The highest BCUT2D eigenvalue weighted by Gasteiger charge is 2.51. The molecule has 1 fully saturated rings. The second kappa shape index (κ2) is 4.28. The number of amides is 2. The number of aromatic nitrogens is 2. The van der Waals surface area contributed by atoms with Gasteiger partial charge in [0.2, 0.25) is 11.8 Å². The highest BCUT2D eigenvalue weighted by atomic mass is 16.2. The SMILES string of the molecule is O=C1CC(c2ccccn2)(c2ccccn2)C(=O)N1.